The number of benzene rings is 2. The highest BCUT2D eigenvalue weighted by molar-refractivity contribution is 5.72. The van der Waals surface area contributed by atoms with Crippen molar-refractivity contribution >= 4 is 5.91 Å². The maximum atomic E-state index is 12.6. The molecular formula is C20H18NO+. The summed E-state index contributed by atoms with van der Waals surface area (Å²) < 4.78 is 1.75. The number of carbonyl (C=O) groups is 1. The van der Waals surface area contributed by atoms with Gasteiger partial charge in [-0.05, 0) is 17.2 Å². The second-order valence-corrected chi connectivity index (χ2v) is 5.30. The van der Waals surface area contributed by atoms with Crippen molar-refractivity contribution in [3.8, 4) is 11.1 Å². The molecule has 0 amide bonds. The van der Waals surface area contributed by atoms with E-state index in [1.54, 1.807) is 4.57 Å². The van der Waals surface area contributed by atoms with E-state index in [-0.39, 0.29) is 5.91 Å². The van der Waals surface area contributed by atoms with Crippen LogP contribution < -0.4 is 4.57 Å². The first kappa shape index (κ1) is 14.2. The van der Waals surface area contributed by atoms with E-state index < -0.39 is 0 Å². The molecule has 0 aliphatic carbocycles. The maximum absolute atomic E-state index is 12.6. The van der Waals surface area contributed by atoms with Gasteiger partial charge >= 0.3 is 5.91 Å². The van der Waals surface area contributed by atoms with Crippen molar-refractivity contribution in [3.63, 3.8) is 0 Å². The van der Waals surface area contributed by atoms with Gasteiger partial charge in [-0.3, -0.25) is 0 Å². The Hall–Kier alpha value is -2.74. The van der Waals surface area contributed by atoms with Gasteiger partial charge in [0, 0.05) is 18.6 Å². The van der Waals surface area contributed by atoms with Crippen LogP contribution in [-0.2, 0) is 6.42 Å². The van der Waals surface area contributed by atoms with Crippen LogP contribution in [0.1, 0.15) is 16.1 Å². The third kappa shape index (κ3) is 2.96. The molecule has 0 spiro atoms. The predicted octanol–water partition coefficient (Wildman–Crippen LogP) is 3.83. The van der Waals surface area contributed by atoms with Crippen LogP contribution in [0.15, 0.2) is 79.0 Å². The lowest BCUT2D eigenvalue weighted by molar-refractivity contribution is -0.580. The van der Waals surface area contributed by atoms with Gasteiger partial charge in [0.2, 0.25) is 0 Å². The number of pyridine rings is 1. The molecule has 3 rings (SSSR count). The van der Waals surface area contributed by atoms with Crippen molar-refractivity contribution in [3.05, 3.63) is 90.3 Å². The van der Waals surface area contributed by atoms with Gasteiger partial charge in [0.1, 0.15) is 0 Å². The number of nitrogens with zero attached hydrogens (tertiary/aromatic N) is 1. The smallest absolute Gasteiger partial charge is 0.219 e. The lowest BCUT2D eigenvalue weighted by Crippen LogP contribution is -2.46. The lowest BCUT2D eigenvalue weighted by Gasteiger charge is -2.05. The molecule has 0 N–H and O–H groups in total. The average molecular weight is 288 g/mol. The number of hydrogen-bond donors (Lipinski definition) is 0. The van der Waals surface area contributed by atoms with Crippen molar-refractivity contribution in [1.82, 2.24) is 0 Å². The van der Waals surface area contributed by atoms with Crippen LogP contribution in [-0.4, -0.2) is 5.91 Å². The summed E-state index contributed by atoms with van der Waals surface area (Å²) in [5.41, 5.74) is 4.21. The second-order valence-electron chi connectivity index (χ2n) is 5.30. The van der Waals surface area contributed by atoms with E-state index in [0.29, 0.717) is 6.42 Å². The quantitative estimate of drug-likeness (QED) is 0.671. The first-order valence-electron chi connectivity index (χ1n) is 7.39. The Morgan fingerprint density at radius 2 is 1.50 bits per heavy atom. The van der Waals surface area contributed by atoms with E-state index in [1.165, 1.54) is 0 Å². The minimum atomic E-state index is 0.0847. The Morgan fingerprint density at radius 3 is 2.18 bits per heavy atom. The molecule has 0 aliphatic heterocycles. The highest BCUT2D eigenvalue weighted by Crippen LogP contribution is 2.20. The highest BCUT2D eigenvalue weighted by Gasteiger charge is 2.20. The molecule has 22 heavy (non-hydrogen) atoms. The largest absolute Gasteiger partial charge is 0.396 e. The van der Waals surface area contributed by atoms with Crippen molar-refractivity contribution in [2.24, 2.45) is 0 Å². The Balaban J connectivity index is 1.93. The summed E-state index contributed by atoms with van der Waals surface area (Å²) >= 11 is 0. The van der Waals surface area contributed by atoms with Crippen LogP contribution in [0.25, 0.3) is 11.1 Å². The van der Waals surface area contributed by atoms with E-state index in [0.717, 1.165) is 22.4 Å². The molecule has 0 fully saturated rings. The van der Waals surface area contributed by atoms with E-state index >= 15 is 0 Å². The van der Waals surface area contributed by atoms with Gasteiger partial charge in [-0.25, -0.2) is 4.79 Å². The number of carbonyl (C=O) groups excluding carboxylic acids is 1. The molecule has 3 aromatic rings. The molecule has 0 radical (unpaired) electrons. The van der Waals surface area contributed by atoms with Crippen molar-refractivity contribution in [2.45, 2.75) is 13.3 Å². The molecule has 1 aromatic heterocycles. The van der Waals surface area contributed by atoms with Crippen molar-refractivity contribution < 1.29 is 9.36 Å². The Morgan fingerprint density at radius 1 is 0.864 bits per heavy atom. The lowest BCUT2D eigenvalue weighted by atomic mass is 10.0. The van der Waals surface area contributed by atoms with Gasteiger partial charge in [-0.15, -0.1) is 4.57 Å². The van der Waals surface area contributed by atoms with Crippen LogP contribution >= 0.6 is 0 Å². The van der Waals surface area contributed by atoms with Crippen LogP contribution in [0.3, 0.4) is 0 Å². The predicted molar refractivity (Wildman–Crippen MR) is 87.6 cm³/mol. The van der Waals surface area contributed by atoms with E-state index in [9.17, 15) is 4.79 Å². The van der Waals surface area contributed by atoms with Crippen LogP contribution in [0.2, 0.25) is 0 Å². The van der Waals surface area contributed by atoms with Crippen molar-refractivity contribution in [2.75, 3.05) is 0 Å². The number of hydrogen-bond acceptors (Lipinski definition) is 1. The van der Waals surface area contributed by atoms with Gasteiger partial charge in [-0.1, -0.05) is 60.7 Å². The van der Waals surface area contributed by atoms with Gasteiger partial charge in [0.15, 0.2) is 11.9 Å². The number of aromatic nitrogens is 1. The Kier molecular flexibility index (Phi) is 4.10. The third-order valence-electron chi connectivity index (χ3n) is 3.80. The van der Waals surface area contributed by atoms with Gasteiger partial charge in [0.25, 0.3) is 0 Å². The minimum absolute atomic E-state index is 0.0847. The molecule has 0 bridgehead atoms. The summed E-state index contributed by atoms with van der Waals surface area (Å²) in [5, 5.41) is 0. The molecular weight excluding hydrogens is 270 g/mol. The molecule has 0 saturated carbocycles. The molecule has 2 heteroatoms. The Bertz CT molecular complexity index is 779. The molecule has 2 nitrogen and oxygen atoms in total. The minimum Gasteiger partial charge on any atom is -0.219 e. The van der Waals surface area contributed by atoms with E-state index in [4.69, 9.17) is 0 Å². The summed E-state index contributed by atoms with van der Waals surface area (Å²) in [6.07, 6.45) is 2.25. The standard InChI is InChI=1S/C20H18NO/c1-16-19(18-11-6-3-7-12-18)13-8-14-21(16)20(22)15-17-9-4-2-5-10-17/h2-14H,15H2,1H3/q+1. The zero-order valence-electron chi connectivity index (χ0n) is 12.6. The van der Waals surface area contributed by atoms with Crippen LogP contribution in [0.5, 0.6) is 0 Å². The molecule has 0 aliphatic rings. The highest BCUT2D eigenvalue weighted by atomic mass is 16.2. The van der Waals surface area contributed by atoms with E-state index in [2.05, 4.69) is 18.2 Å². The summed E-state index contributed by atoms with van der Waals surface area (Å²) in [6.45, 7) is 1.99. The second kappa shape index (κ2) is 6.35. The fourth-order valence-corrected chi connectivity index (χ4v) is 2.64. The Labute approximate surface area is 130 Å². The SMILES string of the molecule is Cc1c(-c2ccccc2)ccc[n+]1C(=O)Cc1ccccc1. The molecule has 0 saturated heterocycles. The zero-order chi connectivity index (χ0) is 15.4. The average Bonchev–Trinajstić information content (AvgIpc) is 2.56. The van der Waals surface area contributed by atoms with Gasteiger partial charge in [-0.2, -0.15) is 0 Å². The molecule has 1 heterocycles. The zero-order valence-corrected chi connectivity index (χ0v) is 12.6. The summed E-state index contributed by atoms with van der Waals surface area (Å²) in [6, 6.07) is 24.0. The fraction of sp³-hybridized carbons (Fsp3) is 0.100. The fourth-order valence-electron chi connectivity index (χ4n) is 2.64. The first-order chi connectivity index (χ1) is 10.8. The molecule has 0 unspecified atom stereocenters. The first-order valence-corrected chi connectivity index (χ1v) is 7.39. The summed E-state index contributed by atoms with van der Waals surface area (Å²) in [5.74, 6) is 0.0847. The summed E-state index contributed by atoms with van der Waals surface area (Å²) in [7, 11) is 0. The monoisotopic (exact) mass is 288 g/mol. The topological polar surface area (TPSA) is 20.9 Å². The van der Waals surface area contributed by atoms with E-state index in [1.807, 2.05) is 67.7 Å². The van der Waals surface area contributed by atoms with Crippen LogP contribution in [0.4, 0.5) is 0 Å². The molecule has 2 aromatic carbocycles. The van der Waals surface area contributed by atoms with Gasteiger partial charge < -0.3 is 0 Å². The van der Waals surface area contributed by atoms with Crippen LogP contribution in [0, 0.1) is 6.92 Å². The molecule has 0 atom stereocenters. The molecule has 108 valence electrons. The maximum Gasteiger partial charge on any atom is 0.396 e. The number of rotatable bonds is 3. The third-order valence-corrected chi connectivity index (χ3v) is 3.80. The van der Waals surface area contributed by atoms with Crippen molar-refractivity contribution in [1.29, 1.82) is 0 Å². The normalized spacial score (nSPS) is 10.4. The van der Waals surface area contributed by atoms with Gasteiger partial charge in [0.05, 0.1) is 6.42 Å². The summed E-state index contributed by atoms with van der Waals surface area (Å²) in [4.78, 5) is 12.6.